The van der Waals surface area contributed by atoms with Gasteiger partial charge in [-0.05, 0) is 29.4 Å². The van der Waals surface area contributed by atoms with Crippen LogP contribution in [-0.2, 0) is 14.9 Å². The second-order valence-corrected chi connectivity index (χ2v) is 6.63. The van der Waals surface area contributed by atoms with E-state index in [1.54, 1.807) is 0 Å². The van der Waals surface area contributed by atoms with Crippen molar-refractivity contribution in [2.24, 2.45) is 0 Å². The summed E-state index contributed by atoms with van der Waals surface area (Å²) in [6.07, 6.45) is 0.654. The SMILES string of the molecule is CC(C)(C)c1ccc(C(O)CNC(=O)C2CCCO2)cc1. The third-order valence-corrected chi connectivity index (χ3v) is 3.85. The normalized spacial score (nSPS) is 20.3. The third kappa shape index (κ3) is 4.29. The molecule has 1 aromatic carbocycles. The Morgan fingerprint density at radius 2 is 2.05 bits per heavy atom. The van der Waals surface area contributed by atoms with Gasteiger partial charge >= 0.3 is 0 Å². The molecule has 1 aliphatic heterocycles. The first-order valence-electron chi connectivity index (χ1n) is 7.56. The van der Waals surface area contributed by atoms with Gasteiger partial charge in [-0.1, -0.05) is 45.0 Å². The fourth-order valence-electron chi connectivity index (χ4n) is 2.42. The fraction of sp³-hybridized carbons (Fsp3) is 0.588. The number of hydrogen-bond donors (Lipinski definition) is 2. The minimum atomic E-state index is -0.690. The lowest BCUT2D eigenvalue weighted by molar-refractivity contribution is -0.130. The zero-order chi connectivity index (χ0) is 15.5. The van der Waals surface area contributed by atoms with Crippen molar-refractivity contribution in [1.82, 2.24) is 5.32 Å². The van der Waals surface area contributed by atoms with Gasteiger partial charge in [0.05, 0.1) is 6.10 Å². The van der Waals surface area contributed by atoms with Gasteiger partial charge in [0.2, 0.25) is 5.91 Å². The molecule has 1 heterocycles. The summed E-state index contributed by atoms with van der Waals surface area (Å²) >= 11 is 0. The first kappa shape index (κ1) is 16.0. The number of rotatable bonds is 4. The largest absolute Gasteiger partial charge is 0.387 e. The highest BCUT2D eigenvalue weighted by Crippen LogP contribution is 2.23. The second kappa shape index (κ2) is 6.58. The lowest BCUT2D eigenvalue weighted by Gasteiger charge is -2.20. The molecule has 1 fully saturated rings. The summed E-state index contributed by atoms with van der Waals surface area (Å²) in [5.74, 6) is -0.127. The second-order valence-electron chi connectivity index (χ2n) is 6.63. The maximum Gasteiger partial charge on any atom is 0.249 e. The third-order valence-electron chi connectivity index (χ3n) is 3.85. The van der Waals surface area contributed by atoms with Crippen molar-refractivity contribution in [2.45, 2.75) is 51.2 Å². The molecule has 1 saturated heterocycles. The standard InChI is InChI=1S/C17H25NO3/c1-17(2,3)13-8-6-12(7-9-13)14(19)11-18-16(20)15-5-4-10-21-15/h6-9,14-15,19H,4-5,10-11H2,1-3H3,(H,18,20). The number of ether oxygens (including phenoxy) is 1. The molecule has 2 atom stereocenters. The molecule has 0 bridgehead atoms. The Morgan fingerprint density at radius 1 is 1.38 bits per heavy atom. The average Bonchev–Trinajstić information content (AvgIpc) is 2.98. The van der Waals surface area contributed by atoms with Crippen molar-refractivity contribution in [3.63, 3.8) is 0 Å². The number of aliphatic hydroxyl groups is 1. The smallest absolute Gasteiger partial charge is 0.249 e. The molecular formula is C17H25NO3. The highest BCUT2D eigenvalue weighted by atomic mass is 16.5. The summed E-state index contributed by atoms with van der Waals surface area (Å²) in [5, 5.41) is 12.9. The molecule has 116 valence electrons. The van der Waals surface area contributed by atoms with Crippen molar-refractivity contribution in [3.05, 3.63) is 35.4 Å². The van der Waals surface area contributed by atoms with Gasteiger partial charge in [0, 0.05) is 13.2 Å². The molecule has 0 aromatic heterocycles. The highest BCUT2D eigenvalue weighted by Gasteiger charge is 2.24. The van der Waals surface area contributed by atoms with Crippen LogP contribution < -0.4 is 5.32 Å². The predicted octanol–water partition coefficient (Wildman–Crippen LogP) is 2.31. The van der Waals surface area contributed by atoms with E-state index >= 15 is 0 Å². The number of amides is 1. The minimum Gasteiger partial charge on any atom is -0.387 e. The predicted molar refractivity (Wildman–Crippen MR) is 82.1 cm³/mol. The average molecular weight is 291 g/mol. The molecule has 1 aromatic rings. The van der Waals surface area contributed by atoms with Gasteiger partial charge in [-0.3, -0.25) is 4.79 Å². The maximum absolute atomic E-state index is 11.8. The molecule has 2 rings (SSSR count). The van der Waals surface area contributed by atoms with E-state index in [0.29, 0.717) is 6.61 Å². The van der Waals surface area contributed by atoms with E-state index in [1.807, 2.05) is 24.3 Å². The first-order valence-corrected chi connectivity index (χ1v) is 7.56. The number of benzene rings is 1. The molecule has 21 heavy (non-hydrogen) atoms. The summed E-state index contributed by atoms with van der Waals surface area (Å²) < 4.78 is 5.31. The van der Waals surface area contributed by atoms with E-state index in [9.17, 15) is 9.90 Å². The van der Waals surface area contributed by atoms with Crippen LogP contribution >= 0.6 is 0 Å². The van der Waals surface area contributed by atoms with Gasteiger partial charge in [0.25, 0.3) is 0 Å². The van der Waals surface area contributed by atoms with Crippen LogP contribution in [0.4, 0.5) is 0 Å². The number of carbonyl (C=O) groups excluding carboxylic acids is 1. The molecule has 1 amide bonds. The molecular weight excluding hydrogens is 266 g/mol. The van der Waals surface area contributed by atoms with Crippen molar-refractivity contribution >= 4 is 5.91 Å². The fourth-order valence-corrected chi connectivity index (χ4v) is 2.42. The van der Waals surface area contributed by atoms with E-state index in [0.717, 1.165) is 18.4 Å². The van der Waals surface area contributed by atoms with Gasteiger partial charge in [-0.25, -0.2) is 0 Å². The molecule has 4 nitrogen and oxygen atoms in total. The molecule has 2 unspecified atom stereocenters. The van der Waals surface area contributed by atoms with E-state index in [4.69, 9.17) is 4.74 Å². The molecule has 4 heteroatoms. The van der Waals surface area contributed by atoms with Crippen LogP contribution in [0, 0.1) is 0 Å². The van der Waals surface area contributed by atoms with Gasteiger partial charge in [-0.2, -0.15) is 0 Å². The van der Waals surface area contributed by atoms with Gasteiger partial charge in [0.1, 0.15) is 6.10 Å². The Kier molecular flexibility index (Phi) is 5.01. The Bertz CT molecular complexity index is 470. The lowest BCUT2D eigenvalue weighted by Crippen LogP contribution is -2.36. The quantitative estimate of drug-likeness (QED) is 0.895. The number of hydrogen-bond acceptors (Lipinski definition) is 3. The van der Waals surface area contributed by atoms with Crippen LogP contribution in [0.3, 0.4) is 0 Å². The maximum atomic E-state index is 11.8. The monoisotopic (exact) mass is 291 g/mol. The molecule has 2 N–H and O–H groups in total. The van der Waals surface area contributed by atoms with Crippen LogP contribution in [0.25, 0.3) is 0 Å². The molecule has 0 radical (unpaired) electrons. The molecule has 0 saturated carbocycles. The van der Waals surface area contributed by atoms with E-state index in [-0.39, 0.29) is 24.0 Å². The summed E-state index contributed by atoms with van der Waals surface area (Å²) in [5.41, 5.74) is 2.13. The number of carbonyl (C=O) groups is 1. The van der Waals surface area contributed by atoms with E-state index in [1.165, 1.54) is 5.56 Å². The van der Waals surface area contributed by atoms with Gasteiger partial charge in [-0.15, -0.1) is 0 Å². The summed E-state index contributed by atoms with van der Waals surface area (Å²) in [7, 11) is 0. The van der Waals surface area contributed by atoms with Crippen LogP contribution in [0.15, 0.2) is 24.3 Å². The van der Waals surface area contributed by atoms with Gasteiger partial charge in [0.15, 0.2) is 0 Å². The van der Waals surface area contributed by atoms with E-state index in [2.05, 4.69) is 26.1 Å². The zero-order valence-electron chi connectivity index (χ0n) is 13.1. The Morgan fingerprint density at radius 3 is 2.57 bits per heavy atom. The van der Waals surface area contributed by atoms with Crippen molar-refractivity contribution < 1.29 is 14.6 Å². The van der Waals surface area contributed by atoms with Crippen LogP contribution in [0.5, 0.6) is 0 Å². The van der Waals surface area contributed by atoms with Crippen molar-refractivity contribution in [1.29, 1.82) is 0 Å². The molecule has 1 aliphatic rings. The summed E-state index contributed by atoms with van der Waals surface area (Å²) in [4.78, 5) is 11.8. The van der Waals surface area contributed by atoms with E-state index < -0.39 is 6.10 Å². The Labute approximate surface area is 126 Å². The Hall–Kier alpha value is -1.39. The lowest BCUT2D eigenvalue weighted by atomic mass is 9.86. The van der Waals surface area contributed by atoms with Crippen molar-refractivity contribution in [2.75, 3.05) is 13.2 Å². The number of nitrogens with one attached hydrogen (secondary N) is 1. The van der Waals surface area contributed by atoms with Gasteiger partial charge < -0.3 is 15.2 Å². The minimum absolute atomic E-state index is 0.0948. The zero-order valence-corrected chi connectivity index (χ0v) is 13.1. The first-order chi connectivity index (χ1) is 9.88. The molecule has 0 spiro atoms. The topological polar surface area (TPSA) is 58.6 Å². The summed E-state index contributed by atoms with van der Waals surface area (Å²) in [6, 6.07) is 7.90. The molecule has 0 aliphatic carbocycles. The van der Waals surface area contributed by atoms with Crippen LogP contribution in [0.1, 0.15) is 50.8 Å². The van der Waals surface area contributed by atoms with Crippen molar-refractivity contribution in [3.8, 4) is 0 Å². The number of aliphatic hydroxyl groups excluding tert-OH is 1. The van der Waals surface area contributed by atoms with Crippen LogP contribution in [0.2, 0.25) is 0 Å². The highest BCUT2D eigenvalue weighted by molar-refractivity contribution is 5.80. The summed E-state index contributed by atoms with van der Waals surface area (Å²) in [6.45, 7) is 7.32. The Balaban J connectivity index is 1.88. The van der Waals surface area contributed by atoms with Crippen LogP contribution in [-0.4, -0.2) is 30.3 Å².